The van der Waals surface area contributed by atoms with Crippen LogP contribution in [-0.2, 0) is 9.59 Å². The molecule has 0 saturated heterocycles. The molecule has 2 amide bonds. The van der Waals surface area contributed by atoms with Gasteiger partial charge in [0.2, 0.25) is 0 Å². The first-order valence-corrected chi connectivity index (χ1v) is 10.7. The van der Waals surface area contributed by atoms with E-state index in [9.17, 15) is 27.9 Å². The summed E-state index contributed by atoms with van der Waals surface area (Å²) in [5.74, 6) is -2.79. The highest BCUT2D eigenvalue weighted by molar-refractivity contribution is 6.42. The first-order chi connectivity index (χ1) is 16.4. The Kier molecular flexibility index (Phi) is 7.39. The Hall–Kier alpha value is -3.60. The van der Waals surface area contributed by atoms with Crippen molar-refractivity contribution in [2.45, 2.75) is 38.6 Å². The Morgan fingerprint density at radius 1 is 1.06 bits per heavy atom. The van der Waals surface area contributed by atoms with E-state index in [0.717, 1.165) is 4.90 Å². The van der Waals surface area contributed by atoms with Crippen molar-refractivity contribution in [3.05, 3.63) is 48.5 Å². The van der Waals surface area contributed by atoms with Crippen LogP contribution in [0, 0.1) is 5.92 Å². The molecule has 1 atom stereocenters. The highest BCUT2D eigenvalue weighted by atomic mass is 19.4. The van der Waals surface area contributed by atoms with Gasteiger partial charge in [-0.1, -0.05) is 38.1 Å². The molecule has 2 aromatic carbocycles. The van der Waals surface area contributed by atoms with Crippen LogP contribution in [0.3, 0.4) is 0 Å². The number of anilines is 2. The molecule has 0 saturated carbocycles. The van der Waals surface area contributed by atoms with Gasteiger partial charge in [0.25, 0.3) is 5.72 Å². The van der Waals surface area contributed by atoms with Crippen molar-refractivity contribution in [3.63, 3.8) is 0 Å². The quantitative estimate of drug-likeness (QED) is 0.608. The lowest BCUT2D eigenvalue weighted by Crippen LogP contribution is -2.59. The van der Waals surface area contributed by atoms with Gasteiger partial charge in [0.05, 0.1) is 25.6 Å². The molecule has 35 heavy (non-hydrogen) atoms. The van der Waals surface area contributed by atoms with E-state index in [0.29, 0.717) is 0 Å². The van der Waals surface area contributed by atoms with Crippen molar-refractivity contribution in [1.82, 2.24) is 5.01 Å². The highest BCUT2D eigenvalue weighted by Gasteiger charge is 2.64. The van der Waals surface area contributed by atoms with Gasteiger partial charge in [-0.2, -0.15) is 23.3 Å². The van der Waals surface area contributed by atoms with E-state index in [2.05, 4.69) is 5.10 Å². The lowest BCUT2D eigenvalue weighted by atomic mass is 9.99. The maximum atomic E-state index is 13.9. The van der Waals surface area contributed by atoms with E-state index in [1.54, 1.807) is 38.1 Å². The lowest BCUT2D eigenvalue weighted by molar-refractivity contribution is -0.301. The number of carbonyl (C=O) groups excluding carboxylic acids is 2. The smallest absolute Gasteiger partial charge is 0.438 e. The third-order valence-corrected chi connectivity index (χ3v) is 5.37. The fourth-order valence-corrected chi connectivity index (χ4v) is 3.80. The number of carbonyl (C=O) groups is 2. The maximum Gasteiger partial charge on any atom is 0.438 e. The minimum absolute atomic E-state index is 0.0397. The number of nitrogens with zero attached hydrogens (tertiary/aromatic N) is 3. The normalized spacial score (nSPS) is 17.9. The van der Waals surface area contributed by atoms with Crippen LogP contribution in [-0.4, -0.2) is 53.8 Å². The Morgan fingerprint density at radius 3 is 1.97 bits per heavy atom. The summed E-state index contributed by atoms with van der Waals surface area (Å²) in [6.45, 7) is 3.52. The average molecular weight is 493 g/mol. The molecule has 3 rings (SSSR count). The molecule has 0 spiro atoms. The van der Waals surface area contributed by atoms with Crippen LogP contribution < -0.4 is 14.4 Å². The molecule has 0 radical (unpaired) electrons. The number of halogens is 3. The Bertz CT molecular complexity index is 1090. The summed E-state index contributed by atoms with van der Waals surface area (Å²) >= 11 is 0. The number of rotatable bonds is 6. The average Bonchev–Trinajstić information content (AvgIpc) is 3.15. The van der Waals surface area contributed by atoms with Crippen LogP contribution in [0.1, 0.15) is 26.7 Å². The predicted octanol–water partition coefficient (Wildman–Crippen LogP) is 4.25. The van der Waals surface area contributed by atoms with E-state index >= 15 is 0 Å². The molecule has 0 aliphatic carbocycles. The van der Waals surface area contributed by atoms with Gasteiger partial charge in [0.1, 0.15) is 11.5 Å². The van der Waals surface area contributed by atoms with Gasteiger partial charge in [-0.3, -0.25) is 14.5 Å². The van der Waals surface area contributed by atoms with Gasteiger partial charge < -0.3 is 14.6 Å². The molecular weight excluding hydrogens is 467 g/mol. The fraction of sp³-hybridized carbons (Fsp3) is 0.375. The van der Waals surface area contributed by atoms with Crippen LogP contribution in [0.4, 0.5) is 24.5 Å². The molecule has 8 nitrogen and oxygen atoms in total. The second kappa shape index (κ2) is 9.95. The summed E-state index contributed by atoms with van der Waals surface area (Å²) in [6, 6.07) is 12.4. The van der Waals surface area contributed by atoms with E-state index in [1.165, 1.54) is 38.5 Å². The number of benzene rings is 2. The molecule has 1 N–H and O–H groups in total. The zero-order valence-corrected chi connectivity index (χ0v) is 19.7. The lowest BCUT2D eigenvalue weighted by Gasteiger charge is -2.33. The van der Waals surface area contributed by atoms with E-state index < -0.39 is 30.1 Å². The number of aliphatic hydroxyl groups is 1. The van der Waals surface area contributed by atoms with E-state index in [1.807, 2.05) is 0 Å². The van der Waals surface area contributed by atoms with Gasteiger partial charge >= 0.3 is 18.0 Å². The van der Waals surface area contributed by atoms with Crippen molar-refractivity contribution >= 4 is 28.9 Å². The molecule has 1 heterocycles. The van der Waals surface area contributed by atoms with Crippen molar-refractivity contribution in [2.24, 2.45) is 11.0 Å². The number of hydrogen-bond donors (Lipinski definition) is 1. The third-order valence-electron chi connectivity index (χ3n) is 5.37. The molecule has 0 aromatic heterocycles. The minimum Gasteiger partial charge on any atom is -0.495 e. The highest BCUT2D eigenvalue weighted by Crippen LogP contribution is 2.43. The van der Waals surface area contributed by atoms with Gasteiger partial charge in [-0.15, -0.1) is 0 Å². The molecule has 1 unspecified atom stereocenters. The molecule has 1 aliphatic rings. The second-order valence-corrected chi connectivity index (χ2v) is 8.36. The number of hydrazone groups is 1. The molecule has 1 aliphatic heterocycles. The Balaban J connectivity index is 2.15. The van der Waals surface area contributed by atoms with Crippen LogP contribution in [0.2, 0.25) is 0 Å². The Labute approximate surface area is 200 Å². The van der Waals surface area contributed by atoms with Crippen molar-refractivity contribution in [1.29, 1.82) is 0 Å². The summed E-state index contributed by atoms with van der Waals surface area (Å²) in [5.41, 5.74) is -3.53. The van der Waals surface area contributed by atoms with Crippen molar-refractivity contribution in [2.75, 3.05) is 19.1 Å². The van der Waals surface area contributed by atoms with Crippen molar-refractivity contribution < 1.29 is 37.3 Å². The summed E-state index contributed by atoms with van der Waals surface area (Å²) in [7, 11) is 2.69. The van der Waals surface area contributed by atoms with Crippen molar-refractivity contribution in [3.8, 4) is 11.5 Å². The van der Waals surface area contributed by atoms with Crippen LogP contribution in [0.25, 0.3) is 0 Å². The zero-order valence-electron chi connectivity index (χ0n) is 19.7. The van der Waals surface area contributed by atoms with Gasteiger partial charge in [0, 0.05) is 12.1 Å². The first-order valence-electron chi connectivity index (χ1n) is 10.7. The number of amides is 2. The van der Waals surface area contributed by atoms with Crippen LogP contribution >= 0.6 is 0 Å². The largest absolute Gasteiger partial charge is 0.495 e. The zero-order chi connectivity index (χ0) is 26.0. The van der Waals surface area contributed by atoms with Gasteiger partial charge in [0.15, 0.2) is 0 Å². The molecule has 188 valence electrons. The molecule has 0 fully saturated rings. The van der Waals surface area contributed by atoms with Crippen LogP contribution in [0.5, 0.6) is 11.5 Å². The number of para-hydroxylation sites is 4. The van der Waals surface area contributed by atoms with E-state index in [-0.39, 0.29) is 45.9 Å². The monoisotopic (exact) mass is 493 g/mol. The molecule has 2 aromatic rings. The molecule has 0 bridgehead atoms. The summed E-state index contributed by atoms with van der Waals surface area (Å²) in [6.07, 6.45) is -6.10. The standard InChI is InChI=1S/C24H26F3N3O5/c1-15(2)13-16-14-23(33,24(25,26)27)30(28-16)22(32)21(31)29(17-9-5-7-11-19(17)34-3)18-10-6-8-12-20(18)35-4/h5-12,15,33H,13-14H2,1-4H3. The summed E-state index contributed by atoms with van der Waals surface area (Å²) in [4.78, 5) is 27.8. The van der Waals surface area contributed by atoms with Crippen LogP contribution in [0.15, 0.2) is 53.6 Å². The predicted molar refractivity (Wildman–Crippen MR) is 122 cm³/mol. The Morgan fingerprint density at radius 2 is 1.54 bits per heavy atom. The third kappa shape index (κ3) is 4.95. The maximum absolute atomic E-state index is 13.9. The second-order valence-electron chi connectivity index (χ2n) is 8.36. The number of alkyl halides is 3. The fourth-order valence-electron chi connectivity index (χ4n) is 3.80. The van der Waals surface area contributed by atoms with Gasteiger partial charge in [-0.05, 0) is 36.6 Å². The SMILES string of the molecule is COc1ccccc1N(C(=O)C(=O)N1N=C(CC(C)C)CC1(O)C(F)(F)F)c1ccccc1OC. The number of methoxy groups -OCH3 is 2. The first kappa shape index (κ1) is 26.0. The number of hydrogen-bond acceptors (Lipinski definition) is 6. The van der Waals surface area contributed by atoms with E-state index in [4.69, 9.17) is 9.47 Å². The molecular formula is C24H26F3N3O5. The summed E-state index contributed by atoms with van der Waals surface area (Å²) in [5, 5.41) is 14.1. The molecule has 11 heteroatoms. The minimum atomic E-state index is -5.26. The topological polar surface area (TPSA) is 91.7 Å². The number of ether oxygens (including phenoxy) is 2. The summed E-state index contributed by atoms with van der Waals surface area (Å²) < 4.78 is 52.4. The van der Waals surface area contributed by atoms with Gasteiger partial charge in [-0.25, -0.2) is 0 Å².